The third-order valence-corrected chi connectivity index (χ3v) is 5.34. The second kappa shape index (κ2) is 7.65. The van der Waals surface area contributed by atoms with E-state index in [9.17, 15) is 9.59 Å². The minimum Gasteiger partial charge on any atom is -0.453 e. The molecule has 1 aromatic carbocycles. The lowest BCUT2D eigenvalue weighted by molar-refractivity contribution is -0.133. The molecule has 0 aliphatic carbocycles. The van der Waals surface area contributed by atoms with Gasteiger partial charge in [-0.05, 0) is 12.0 Å². The molecular formula is C18H21N3O3S. The SMILES string of the molecule is CCC(C(=O)N1CCc2nc(NC(=O)OC)sc2C1)c1ccccc1. The van der Waals surface area contributed by atoms with Crippen LogP contribution in [0.25, 0.3) is 0 Å². The topological polar surface area (TPSA) is 71.5 Å². The Morgan fingerprint density at radius 3 is 2.80 bits per heavy atom. The van der Waals surface area contributed by atoms with Crippen LogP contribution in [-0.2, 0) is 22.5 Å². The van der Waals surface area contributed by atoms with Gasteiger partial charge in [0, 0.05) is 17.8 Å². The van der Waals surface area contributed by atoms with Crippen molar-refractivity contribution in [1.82, 2.24) is 9.88 Å². The third-order valence-electron chi connectivity index (χ3n) is 4.35. The first-order chi connectivity index (χ1) is 12.1. The summed E-state index contributed by atoms with van der Waals surface area (Å²) >= 11 is 1.40. The van der Waals surface area contributed by atoms with Crippen molar-refractivity contribution in [2.75, 3.05) is 19.0 Å². The van der Waals surface area contributed by atoms with Crippen LogP contribution in [0.2, 0.25) is 0 Å². The summed E-state index contributed by atoms with van der Waals surface area (Å²) in [6, 6.07) is 9.90. The summed E-state index contributed by atoms with van der Waals surface area (Å²) in [7, 11) is 1.32. The van der Waals surface area contributed by atoms with E-state index in [4.69, 9.17) is 0 Å². The third kappa shape index (κ3) is 3.82. The van der Waals surface area contributed by atoms with Crippen molar-refractivity contribution < 1.29 is 14.3 Å². The Labute approximate surface area is 150 Å². The van der Waals surface area contributed by atoms with E-state index in [-0.39, 0.29) is 11.8 Å². The maximum atomic E-state index is 13.0. The quantitative estimate of drug-likeness (QED) is 0.908. The van der Waals surface area contributed by atoms with E-state index < -0.39 is 6.09 Å². The average molecular weight is 359 g/mol. The molecule has 0 saturated heterocycles. The molecule has 1 aromatic heterocycles. The molecule has 6 nitrogen and oxygen atoms in total. The largest absolute Gasteiger partial charge is 0.453 e. The average Bonchev–Trinajstić information content (AvgIpc) is 3.04. The standard InChI is InChI=1S/C18H21N3O3S/c1-3-13(12-7-5-4-6-8-12)16(22)21-10-9-14-15(11-21)25-17(19-14)20-18(23)24-2/h4-8,13H,3,9-11H2,1-2H3,(H,19,20,23). The van der Waals surface area contributed by atoms with Crippen LogP contribution < -0.4 is 5.32 Å². The van der Waals surface area contributed by atoms with Crippen molar-refractivity contribution in [2.45, 2.75) is 32.2 Å². The predicted molar refractivity (Wildman–Crippen MR) is 96.7 cm³/mol. The number of nitrogens with one attached hydrogen (secondary N) is 1. The Morgan fingerprint density at radius 1 is 1.36 bits per heavy atom. The lowest BCUT2D eigenvalue weighted by Gasteiger charge is -2.29. The van der Waals surface area contributed by atoms with E-state index >= 15 is 0 Å². The zero-order valence-electron chi connectivity index (χ0n) is 14.3. The molecule has 2 aromatic rings. The van der Waals surface area contributed by atoms with Crippen LogP contribution in [0, 0.1) is 0 Å². The molecule has 1 atom stereocenters. The second-order valence-corrected chi connectivity index (χ2v) is 6.97. The van der Waals surface area contributed by atoms with Gasteiger partial charge in [0.1, 0.15) is 0 Å². The second-order valence-electron chi connectivity index (χ2n) is 5.89. The van der Waals surface area contributed by atoms with E-state index in [1.165, 1.54) is 18.4 Å². The molecule has 1 N–H and O–H groups in total. The number of anilines is 1. The van der Waals surface area contributed by atoms with E-state index in [1.54, 1.807) is 0 Å². The maximum absolute atomic E-state index is 13.0. The highest BCUT2D eigenvalue weighted by atomic mass is 32.1. The maximum Gasteiger partial charge on any atom is 0.413 e. The number of hydrogen-bond acceptors (Lipinski definition) is 5. The lowest BCUT2D eigenvalue weighted by atomic mass is 9.94. The normalized spacial score (nSPS) is 14.6. The van der Waals surface area contributed by atoms with Crippen molar-refractivity contribution >= 4 is 28.5 Å². The minimum absolute atomic E-state index is 0.122. The van der Waals surface area contributed by atoms with Crippen molar-refractivity contribution in [3.8, 4) is 0 Å². The number of thiazole rings is 1. The van der Waals surface area contributed by atoms with Gasteiger partial charge in [0.25, 0.3) is 0 Å². The molecule has 132 valence electrons. The molecule has 0 spiro atoms. The highest BCUT2D eigenvalue weighted by molar-refractivity contribution is 7.15. The van der Waals surface area contributed by atoms with Gasteiger partial charge >= 0.3 is 6.09 Å². The molecule has 25 heavy (non-hydrogen) atoms. The zero-order chi connectivity index (χ0) is 17.8. The number of benzene rings is 1. The van der Waals surface area contributed by atoms with Gasteiger partial charge in [-0.3, -0.25) is 10.1 Å². The Balaban J connectivity index is 1.73. The molecular weight excluding hydrogens is 338 g/mol. The number of rotatable bonds is 4. The fourth-order valence-corrected chi connectivity index (χ4v) is 4.04. The summed E-state index contributed by atoms with van der Waals surface area (Å²) in [5, 5.41) is 3.11. The molecule has 0 bridgehead atoms. The highest BCUT2D eigenvalue weighted by Crippen LogP contribution is 2.31. The van der Waals surface area contributed by atoms with Crippen molar-refractivity contribution in [2.24, 2.45) is 0 Å². The summed E-state index contributed by atoms with van der Waals surface area (Å²) in [6.45, 7) is 3.23. The van der Waals surface area contributed by atoms with Crippen LogP contribution in [0.15, 0.2) is 30.3 Å². The van der Waals surface area contributed by atoms with Crippen LogP contribution in [0.5, 0.6) is 0 Å². The first-order valence-electron chi connectivity index (χ1n) is 8.29. The van der Waals surface area contributed by atoms with Gasteiger partial charge in [0.05, 0.1) is 25.3 Å². The van der Waals surface area contributed by atoms with Crippen LogP contribution in [0.3, 0.4) is 0 Å². The molecule has 1 unspecified atom stereocenters. The lowest BCUT2D eigenvalue weighted by Crippen LogP contribution is -2.38. The summed E-state index contributed by atoms with van der Waals surface area (Å²) in [5.74, 6) is 0.0264. The van der Waals surface area contributed by atoms with E-state index in [0.717, 1.165) is 22.6 Å². The molecule has 0 fully saturated rings. The fourth-order valence-electron chi connectivity index (χ4n) is 3.03. The van der Waals surface area contributed by atoms with Crippen molar-refractivity contribution in [3.63, 3.8) is 0 Å². The predicted octanol–water partition coefficient (Wildman–Crippen LogP) is 3.40. The number of carbonyl (C=O) groups excluding carboxylic acids is 2. The minimum atomic E-state index is -0.533. The van der Waals surface area contributed by atoms with Crippen LogP contribution >= 0.6 is 11.3 Å². The number of nitrogens with zero attached hydrogens (tertiary/aromatic N) is 2. The monoisotopic (exact) mass is 359 g/mol. The van der Waals surface area contributed by atoms with Gasteiger partial charge in [-0.15, -0.1) is 0 Å². The van der Waals surface area contributed by atoms with Crippen LogP contribution in [0.4, 0.5) is 9.93 Å². The number of aromatic nitrogens is 1. The molecule has 2 amide bonds. The van der Waals surface area contributed by atoms with Gasteiger partial charge in [-0.2, -0.15) is 0 Å². The number of amides is 2. The Bertz CT molecular complexity index is 760. The molecule has 3 rings (SSSR count). The number of ether oxygens (including phenoxy) is 1. The first kappa shape index (κ1) is 17.4. The van der Waals surface area contributed by atoms with Gasteiger partial charge in [-0.1, -0.05) is 48.6 Å². The molecule has 1 aliphatic heterocycles. The number of methoxy groups -OCH3 is 1. The smallest absolute Gasteiger partial charge is 0.413 e. The van der Waals surface area contributed by atoms with Gasteiger partial charge in [-0.25, -0.2) is 9.78 Å². The Hall–Kier alpha value is -2.41. The van der Waals surface area contributed by atoms with Gasteiger partial charge in [0.2, 0.25) is 5.91 Å². The highest BCUT2D eigenvalue weighted by Gasteiger charge is 2.29. The molecule has 0 saturated carbocycles. The van der Waals surface area contributed by atoms with E-state index in [0.29, 0.717) is 24.6 Å². The van der Waals surface area contributed by atoms with E-state index in [1.807, 2.05) is 42.2 Å². The number of fused-ring (bicyclic) bond motifs is 1. The first-order valence-corrected chi connectivity index (χ1v) is 9.11. The summed E-state index contributed by atoms with van der Waals surface area (Å²) < 4.78 is 4.59. The van der Waals surface area contributed by atoms with Crippen molar-refractivity contribution in [3.05, 3.63) is 46.5 Å². The Morgan fingerprint density at radius 2 is 2.12 bits per heavy atom. The summed E-state index contributed by atoms with van der Waals surface area (Å²) in [4.78, 5) is 31.7. The van der Waals surface area contributed by atoms with Crippen molar-refractivity contribution in [1.29, 1.82) is 0 Å². The van der Waals surface area contributed by atoms with Gasteiger partial charge in [0.15, 0.2) is 5.13 Å². The molecule has 0 radical (unpaired) electrons. The van der Waals surface area contributed by atoms with Crippen LogP contribution in [-0.4, -0.2) is 35.5 Å². The zero-order valence-corrected chi connectivity index (χ0v) is 15.1. The number of carbonyl (C=O) groups is 2. The summed E-state index contributed by atoms with van der Waals surface area (Å²) in [5.41, 5.74) is 2.01. The Kier molecular flexibility index (Phi) is 5.33. The molecule has 1 aliphatic rings. The summed E-state index contributed by atoms with van der Waals surface area (Å²) in [6.07, 6.45) is 0.935. The fraction of sp³-hybridized carbons (Fsp3) is 0.389. The number of hydrogen-bond donors (Lipinski definition) is 1. The van der Waals surface area contributed by atoms with E-state index in [2.05, 4.69) is 15.0 Å². The molecule has 7 heteroatoms. The molecule has 2 heterocycles. The van der Waals surface area contributed by atoms with Gasteiger partial charge < -0.3 is 9.64 Å². The van der Waals surface area contributed by atoms with Crippen LogP contribution in [0.1, 0.15) is 35.4 Å².